The van der Waals surface area contributed by atoms with Gasteiger partial charge in [0.1, 0.15) is 24.2 Å². The minimum atomic E-state index is -1.29. The zero-order valence-electron chi connectivity index (χ0n) is 33.3. The first-order chi connectivity index (χ1) is 26.7. The molecule has 0 amide bonds. The van der Waals surface area contributed by atoms with Crippen LogP contribution in [0.1, 0.15) is 60.3 Å². The maximum Gasteiger partial charge on any atom is 0.308 e. The molecule has 4 heterocycles. The first-order valence-corrected chi connectivity index (χ1v) is 19.5. The Kier molecular flexibility index (Phi) is 14.8. The van der Waals surface area contributed by atoms with Crippen LogP contribution in [0, 0.1) is 23.7 Å². The number of benzene rings is 1. The van der Waals surface area contributed by atoms with Gasteiger partial charge in [-0.15, -0.1) is 5.10 Å². The summed E-state index contributed by atoms with van der Waals surface area (Å²) < 4.78 is 20.2. The molecule has 0 radical (unpaired) electrons. The Morgan fingerprint density at radius 1 is 1.07 bits per heavy atom. The molecule has 0 aliphatic carbocycles. The van der Waals surface area contributed by atoms with Crippen LogP contribution in [0.25, 0.3) is 22.2 Å². The Hall–Kier alpha value is -4.18. The van der Waals surface area contributed by atoms with Gasteiger partial charge in [-0.3, -0.25) is 19.3 Å². The summed E-state index contributed by atoms with van der Waals surface area (Å²) >= 11 is 0. The molecule has 14 heteroatoms. The predicted molar refractivity (Wildman–Crippen MR) is 209 cm³/mol. The van der Waals surface area contributed by atoms with Gasteiger partial charge in [0.05, 0.1) is 55.1 Å². The van der Waals surface area contributed by atoms with Gasteiger partial charge in [-0.2, -0.15) is 0 Å². The molecular formula is C42H57N5O9. The van der Waals surface area contributed by atoms with Crippen molar-refractivity contribution in [2.24, 2.45) is 23.7 Å². The average molecular weight is 776 g/mol. The number of aldehydes is 1. The van der Waals surface area contributed by atoms with Gasteiger partial charge in [-0.05, 0) is 64.9 Å². The van der Waals surface area contributed by atoms with E-state index in [0.29, 0.717) is 18.7 Å². The molecule has 0 saturated carbocycles. The molecule has 14 nitrogen and oxygen atoms in total. The molecule has 3 unspecified atom stereocenters. The van der Waals surface area contributed by atoms with E-state index < -0.39 is 72.7 Å². The van der Waals surface area contributed by atoms with E-state index in [4.69, 9.17) is 14.2 Å². The number of aromatic nitrogens is 4. The normalized spacial score (nSPS) is 34.2. The zero-order chi connectivity index (χ0) is 40.7. The number of carbonyl (C=O) groups excluding carboxylic acids is 3. The number of ketones is 1. The van der Waals surface area contributed by atoms with Crippen LogP contribution >= 0.6 is 0 Å². The molecule has 5 rings (SSSR count). The summed E-state index contributed by atoms with van der Waals surface area (Å²) in [5.74, 6) is -3.07. The number of ether oxygens (including phenoxy) is 3. The van der Waals surface area contributed by atoms with Gasteiger partial charge in [0.2, 0.25) is 0 Å². The standard InChI is InChI=1S/C42H57N5O9/c1-8-36-31(22-47-23-33(44-45-47)30-19-28-11-9-10-12-32(28)43-21-30)17-24(2)13-14-34(49)25(3)18-29(15-16-48)41(26(4)35(50)20-37(51)55-36)56-42-40(53)38(46(6)7)39(52)27(5)54-42/h9-14,16-17,19,21,23,25-27,29,31,35-36,38-42,50,52-53H,8,15,18,20,22H2,1-7H3/b14-13+,24-17+/t25-,26+,27+,29+,31-,35-,36-,38?,39?,40?,41-,42+/m1/s1. The van der Waals surface area contributed by atoms with Crippen LogP contribution in [0.2, 0.25) is 0 Å². The van der Waals surface area contributed by atoms with E-state index in [1.165, 1.54) is 6.08 Å². The maximum absolute atomic E-state index is 13.6. The number of rotatable bonds is 9. The van der Waals surface area contributed by atoms with Gasteiger partial charge in [-0.25, -0.2) is 0 Å². The van der Waals surface area contributed by atoms with Crippen molar-refractivity contribution in [3.8, 4) is 11.3 Å². The number of para-hydroxylation sites is 1. The summed E-state index contributed by atoms with van der Waals surface area (Å²) in [5.41, 5.74) is 3.09. The second-order valence-corrected chi connectivity index (χ2v) is 15.7. The lowest BCUT2D eigenvalue weighted by atomic mass is 9.79. The number of cyclic esters (lactones) is 1. The lowest BCUT2D eigenvalue weighted by Gasteiger charge is -2.46. The van der Waals surface area contributed by atoms with Gasteiger partial charge >= 0.3 is 5.97 Å². The Bertz CT molecular complexity index is 1860. The van der Waals surface area contributed by atoms with Crippen LogP contribution in [0.4, 0.5) is 0 Å². The summed E-state index contributed by atoms with van der Waals surface area (Å²) in [6, 6.07) is 9.09. The SMILES string of the molecule is CC[C@H]1OC(=O)C[C@@H](O)[C@H](C)[C@@H](O[C@@H]2O[C@@H](C)C(O)C(N(C)C)C2O)[C@@H](CC=O)C[C@@H](C)C(=O)/C=C/C(C)=C/[C@@H]1Cn1cc(-c2cnc3ccccc3c2)nn1. The maximum atomic E-state index is 13.6. The van der Waals surface area contributed by atoms with E-state index in [1.807, 2.05) is 56.5 Å². The zero-order valence-corrected chi connectivity index (χ0v) is 33.3. The van der Waals surface area contributed by atoms with Crippen LogP contribution in [0.15, 0.2) is 66.5 Å². The van der Waals surface area contributed by atoms with Crippen molar-refractivity contribution in [1.29, 1.82) is 0 Å². The van der Waals surface area contributed by atoms with Crippen molar-refractivity contribution >= 4 is 28.9 Å². The van der Waals surface area contributed by atoms with Crippen molar-refractivity contribution in [2.45, 2.75) is 116 Å². The second-order valence-electron chi connectivity index (χ2n) is 15.7. The molecule has 1 saturated heterocycles. The summed E-state index contributed by atoms with van der Waals surface area (Å²) in [6.45, 7) is 9.23. The minimum Gasteiger partial charge on any atom is -0.462 e. The Morgan fingerprint density at radius 2 is 1.82 bits per heavy atom. The van der Waals surface area contributed by atoms with E-state index in [2.05, 4.69) is 15.3 Å². The van der Waals surface area contributed by atoms with Crippen molar-refractivity contribution in [3.63, 3.8) is 0 Å². The topological polar surface area (TPSA) is 186 Å². The fourth-order valence-corrected chi connectivity index (χ4v) is 7.88. The molecule has 56 heavy (non-hydrogen) atoms. The van der Waals surface area contributed by atoms with Crippen LogP contribution in [-0.2, 0) is 35.1 Å². The number of hydrogen-bond donors (Lipinski definition) is 3. The predicted octanol–water partition coefficient (Wildman–Crippen LogP) is 3.92. The fourth-order valence-electron chi connectivity index (χ4n) is 7.88. The Balaban J connectivity index is 1.43. The van der Waals surface area contributed by atoms with Gasteiger partial charge in [0.15, 0.2) is 12.1 Å². The lowest BCUT2D eigenvalue weighted by Crippen LogP contribution is -2.63. The number of likely N-dealkylation sites (N-methyl/N-ethyl adjacent to an activating group) is 1. The number of aliphatic hydroxyl groups is 3. The number of pyridine rings is 1. The monoisotopic (exact) mass is 775 g/mol. The van der Waals surface area contributed by atoms with Gasteiger partial charge in [0.25, 0.3) is 0 Å². The number of nitrogens with zero attached hydrogens (tertiary/aromatic N) is 5. The third-order valence-electron chi connectivity index (χ3n) is 11.2. The molecule has 3 aromatic rings. The van der Waals surface area contributed by atoms with Gasteiger partial charge < -0.3 is 39.2 Å². The van der Waals surface area contributed by atoms with Crippen molar-refractivity contribution < 1.29 is 43.9 Å². The molecule has 3 N–H and O–H groups in total. The fraction of sp³-hybridized carbons (Fsp3) is 0.571. The number of esters is 1. The summed E-state index contributed by atoms with van der Waals surface area (Å²) in [7, 11) is 3.45. The smallest absolute Gasteiger partial charge is 0.308 e. The number of carbonyl (C=O) groups is 3. The molecule has 1 fully saturated rings. The molecule has 2 aliphatic rings. The molecular weight excluding hydrogens is 718 g/mol. The third-order valence-corrected chi connectivity index (χ3v) is 11.2. The Morgan fingerprint density at radius 3 is 2.54 bits per heavy atom. The highest BCUT2D eigenvalue weighted by molar-refractivity contribution is 5.91. The summed E-state index contributed by atoms with van der Waals surface area (Å²) in [5, 5.41) is 43.5. The quantitative estimate of drug-likeness (QED) is 0.210. The molecule has 2 aliphatic heterocycles. The second kappa shape index (κ2) is 19.3. The van der Waals surface area contributed by atoms with E-state index in [-0.39, 0.29) is 31.0 Å². The molecule has 1 aromatic carbocycles. The number of allylic oxidation sites excluding steroid dienone is 3. The Labute approximate surface area is 328 Å². The first-order valence-electron chi connectivity index (χ1n) is 19.5. The van der Waals surface area contributed by atoms with Crippen molar-refractivity contribution in [1.82, 2.24) is 24.9 Å². The van der Waals surface area contributed by atoms with E-state index in [9.17, 15) is 29.7 Å². The summed E-state index contributed by atoms with van der Waals surface area (Å²) in [4.78, 5) is 45.5. The van der Waals surface area contributed by atoms with Crippen LogP contribution in [-0.4, -0.2) is 121 Å². The molecule has 12 atom stereocenters. The van der Waals surface area contributed by atoms with Crippen molar-refractivity contribution in [2.75, 3.05) is 14.1 Å². The van der Waals surface area contributed by atoms with E-state index >= 15 is 0 Å². The highest BCUT2D eigenvalue weighted by Crippen LogP contribution is 2.34. The largest absolute Gasteiger partial charge is 0.462 e. The van der Waals surface area contributed by atoms with E-state index in [0.717, 1.165) is 28.3 Å². The van der Waals surface area contributed by atoms with Gasteiger partial charge in [-0.1, -0.05) is 61.9 Å². The van der Waals surface area contributed by atoms with E-state index in [1.54, 1.807) is 56.7 Å². The highest BCUT2D eigenvalue weighted by atomic mass is 16.7. The van der Waals surface area contributed by atoms with Crippen LogP contribution in [0.3, 0.4) is 0 Å². The highest BCUT2D eigenvalue weighted by Gasteiger charge is 2.47. The first kappa shape index (κ1) is 43.0. The number of fused-ring (bicyclic) bond motifs is 1. The van der Waals surface area contributed by atoms with Crippen molar-refractivity contribution in [3.05, 3.63) is 66.5 Å². The summed E-state index contributed by atoms with van der Waals surface area (Å²) in [6.07, 6.45) is 2.72. The lowest BCUT2D eigenvalue weighted by molar-refractivity contribution is -0.304. The molecule has 0 bridgehead atoms. The molecule has 2 aromatic heterocycles. The van der Waals surface area contributed by atoms with Crippen LogP contribution < -0.4 is 0 Å². The number of hydrogen-bond acceptors (Lipinski definition) is 13. The number of aliphatic hydroxyl groups excluding tert-OH is 3. The third kappa shape index (κ3) is 10.4. The molecule has 304 valence electrons. The average Bonchev–Trinajstić information content (AvgIpc) is 3.64. The minimum absolute atomic E-state index is 0.00843. The van der Waals surface area contributed by atoms with Crippen LogP contribution in [0.5, 0.6) is 0 Å². The van der Waals surface area contributed by atoms with Gasteiger partial charge in [0, 0.05) is 41.3 Å². The molecule has 0 spiro atoms.